The second-order valence-corrected chi connectivity index (χ2v) is 4.17. The number of nitrogens with zero attached hydrogens (tertiary/aromatic N) is 2. The number of nitrogen functional groups attached to an aromatic ring is 1. The molecule has 2 aromatic rings. The predicted octanol–water partition coefficient (Wildman–Crippen LogP) is 2.77. The number of aromatic nitrogens is 2. The van der Waals surface area contributed by atoms with E-state index >= 15 is 0 Å². The topological polar surface area (TPSA) is 63.8 Å². The Hall–Kier alpha value is -1.94. The van der Waals surface area contributed by atoms with Gasteiger partial charge in [-0.15, -0.1) is 0 Å². The van der Waals surface area contributed by atoms with Crippen LogP contribution in [-0.4, -0.2) is 9.97 Å². The van der Waals surface area contributed by atoms with Crippen LogP contribution >= 0.6 is 0 Å². The lowest BCUT2D eigenvalue weighted by molar-refractivity contribution is 0.754. The largest absolute Gasteiger partial charge is 0.308 e. The molecule has 1 aromatic heterocycles. The molecule has 1 heterocycles. The molecule has 2 rings (SSSR count). The standard InChI is InChI=1S/C14H18N4/c1-2-3-9-13-16-12(10-14(17-13)18-15)11-7-5-4-6-8-11/h4-8,10H,2-3,9,15H2,1H3,(H,16,17,18). The third-order valence-electron chi connectivity index (χ3n) is 2.74. The SMILES string of the molecule is CCCCc1nc(NN)cc(-c2ccccc2)n1. The summed E-state index contributed by atoms with van der Waals surface area (Å²) < 4.78 is 0. The lowest BCUT2D eigenvalue weighted by Gasteiger charge is -2.07. The maximum Gasteiger partial charge on any atom is 0.144 e. The van der Waals surface area contributed by atoms with Crippen molar-refractivity contribution in [3.05, 3.63) is 42.2 Å². The molecule has 4 heteroatoms. The van der Waals surface area contributed by atoms with E-state index in [4.69, 9.17) is 5.84 Å². The molecule has 1 aromatic carbocycles. The van der Waals surface area contributed by atoms with E-state index in [9.17, 15) is 0 Å². The Balaban J connectivity index is 2.35. The minimum Gasteiger partial charge on any atom is -0.308 e. The number of rotatable bonds is 5. The molecule has 0 saturated carbocycles. The van der Waals surface area contributed by atoms with E-state index in [-0.39, 0.29) is 0 Å². The molecule has 18 heavy (non-hydrogen) atoms. The first-order valence-corrected chi connectivity index (χ1v) is 6.23. The Morgan fingerprint density at radius 1 is 1.17 bits per heavy atom. The highest BCUT2D eigenvalue weighted by Gasteiger charge is 2.05. The lowest BCUT2D eigenvalue weighted by Crippen LogP contribution is -2.11. The van der Waals surface area contributed by atoms with Crippen LogP contribution in [0.4, 0.5) is 5.82 Å². The highest BCUT2D eigenvalue weighted by molar-refractivity contribution is 5.62. The van der Waals surface area contributed by atoms with Crippen molar-refractivity contribution in [2.24, 2.45) is 5.84 Å². The number of hydrogen-bond donors (Lipinski definition) is 2. The third kappa shape index (κ3) is 3.05. The van der Waals surface area contributed by atoms with E-state index in [1.165, 1.54) is 0 Å². The van der Waals surface area contributed by atoms with Gasteiger partial charge >= 0.3 is 0 Å². The Morgan fingerprint density at radius 2 is 1.94 bits per heavy atom. The van der Waals surface area contributed by atoms with Gasteiger partial charge in [0, 0.05) is 18.1 Å². The number of hydrazine groups is 1. The summed E-state index contributed by atoms with van der Waals surface area (Å²) in [6, 6.07) is 11.9. The summed E-state index contributed by atoms with van der Waals surface area (Å²) in [5.74, 6) is 6.96. The number of nitrogens with two attached hydrogens (primary N) is 1. The summed E-state index contributed by atoms with van der Waals surface area (Å²) in [5.41, 5.74) is 4.59. The molecule has 0 aliphatic carbocycles. The number of benzene rings is 1. The molecule has 0 spiro atoms. The van der Waals surface area contributed by atoms with Gasteiger partial charge in [-0.05, 0) is 6.42 Å². The minimum absolute atomic E-state index is 0.662. The maximum absolute atomic E-state index is 5.45. The number of unbranched alkanes of at least 4 members (excludes halogenated alkanes) is 1. The maximum atomic E-state index is 5.45. The molecule has 0 radical (unpaired) electrons. The summed E-state index contributed by atoms with van der Waals surface area (Å²) in [7, 11) is 0. The molecule has 0 aliphatic rings. The van der Waals surface area contributed by atoms with Gasteiger partial charge in [0.15, 0.2) is 0 Å². The molecule has 3 N–H and O–H groups in total. The first kappa shape index (κ1) is 12.5. The van der Waals surface area contributed by atoms with Crippen LogP contribution < -0.4 is 11.3 Å². The zero-order valence-electron chi connectivity index (χ0n) is 10.6. The Bertz CT molecular complexity index is 496. The Morgan fingerprint density at radius 3 is 2.61 bits per heavy atom. The van der Waals surface area contributed by atoms with Gasteiger partial charge in [0.25, 0.3) is 0 Å². The van der Waals surface area contributed by atoms with Crippen LogP contribution in [0.2, 0.25) is 0 Å². The van der Waals surface area contributed by atoms with Gasteiger partial charge < -0.3 is 5.43 Å². The van der Waals surface area contributed by atoms with Crippen LogP contribution in [0.1, 0.15) is 25.6 Å². The summed E-state index contributed by atoms with van der Waals surface area (Å²) in [6.07, 6.45) is 3.10. The molecule has 4 nitrogen and oxygen atoms in total. The van der Waals surface area contributed by atoms with Crippen molar-refractivity contribution in [3.63, 3.8) is 0 Å². The van der Waals surface area contributed by atoms with Crippen LogP contribution in [0.25, 0.3) is 11.3 Å². The predicted molar refractivity (Wildman–Crippen MR) is 73.9 cm³/mol. The van der Waals surface area contributed by atoms with E-state index in [0.29, 0.717) is 5.82 Å². The van der Waals surface area contributed by atoms with Crippen molar-refractivity contribution in [2.75, 3.05) is 5.43 Å². The second-order valence-electron chi connectivity index (χ2n) is 4.17. The van der Waals surface area contributed by atoms with E-state index in [1.54, 1.807) is 0 Å². The van der Waals surface area contributed by atoms with Crippen molar-refractivity contribution >= 4 is 5.82 Å². The highest BCUT2D eigenvalue weighted by Crippen LogP contribution is 2.19. The summed E-state index contributed by atoms with van der Waals surface area (Å²) in [6.45, 7) is 2.16. The average molecular weight is 242 g/mol. The Labute approximate surface area is 107 Å². The van der Waals surface area contributed by atoms with Crippen molar-refractivity contribution in [2.45, 2.75) is 26.2 Å². The van der Waals surface area contributed by atoms with E-state index in [1.807, 2.05) is 36.4 Å². The zero-order valence-corrected chi connectivity index (χ0v) is 10.6. The summed E-state index contributed by atoms with van der Waals surface area (Å²) >= 11 is 0. The molecule has 94 valence electrons. The third-order valence-corrected chi connectivity index (χ3v) is 2.74. The van der Waals surface area contributed by atoms with Crippen LogP contribution in [0.3, 0.4) is 0 Å². The van der Waals surface area contributed by atoms with Gasteiger partial charge in [0.05, 0.1) is 5.69 Å². The van der Waals surface area contributed by atoms with Gasteiger partial charge in [0.2, 0.25) is 0 Å². The fraction of sp³-hybridized carbons (Fsp3) is 0.286. The van der Waals surface area contributed by atoms with E-state index in [0.717, 1.165) is 36.3 Å². The zero-order chi connectivity index (χ0) is 12.8. The van der Waals surface area contributed by atoms with Crippen molar-refractivity contribution in [3.8, 4) is 11.3 Å². The average Bonchev–Trinajstić information content (AvgIpc) is 2.45. The summed E-state index contributed by atoms with van der Waals surface area (Å²) in [5, 5.41) is 0. The van der Waals surface area contributed by atoms with Crippen molar-refractivity contribution in [1.82, 2.24) is 9.97 Å². The molecule has 0 atom stereocenters. The quantitative estimate of drug-likeness (QED) is 0.625. The lowest BCUT2D eigenvalue weighted by atomic mass is 10.1. The Kier molecular flexibility index (Phi) is 4.25. The van der Waals surface area contributed by atoms with Gasteiger partial charge in [0.1, 0.15) is 11.6 Å². The van der Waals surface area contributed by atoms with Gasteiger partial charge in [-0.2, -0.15) is 0 Å². The second kappa shape index (κ2) is 6.12. The number of nitrogens with one attached hydrogen (secondary N) is 1. The molecule has 0 saturated heterocycles. The monoisotopic (exact) mass is 242 g/mol. The van der Waals surface area contributed by atoms with Gasteiger partial charge in [-0.1, -0.05) is 43.7 Å². The number of hydrogen-bond acceptors (Lipinski definition) is 4. The summed E-state index contributed by atoms with van der Waals surface area (Å²) in [4.78, 5) is 8.95. The minimum atomic E-state index is 0.662. The normalized spacial score (nSPS) is 10.3. The highest BCUT2D eigenvalue weighted by atomic mass is 15.3. The van der Waals surface area contributed by atoms with Crippen LogP contribution in [0.15, 0.2) is 36.4 Å². The molecule has 0 fully saturated rings. The first-order chi connectivity index (χ1) is 8.83. The van der Waals surface area contributed by atoms with Gasteiger partial charge in [-0.25, -0.2) is 15.8 Å². The smallest absolute Gasteiger partial charge is 0.144 e. The number of aryl methyl sites for hydroxylation is 1. The number of anilines is 1. The molecule has 0 aliphatic heterocycles. The molecule has 0 bridgehead atoms. The van der Waals surface area contributed by atoms with E-state index < -0.39 is 0 Å². The van der Waals surface area contributed by atoms with E-state index in [2.05, 4.69) is 22.3 Å². The molecule has 0 unspecified atom stereocenters. The van der Waals surface area contributed by atoms with Crippen LogP contribution in [0, 0.1) is 0 Å². The van der Waals surface area contributed by atoms with Gasteiger partial charge in [-0.3, -0.25) is 0 Å². The molecule has 0 amide bonds. The van der Waals surface area contributed by atoms with Crippen molar-refractivity contribution in [1.29, 1.82) is 0 Å². The van der Waals surface area contributed by atoms with Crippen molar-refractivity contribution < 1.29 is 0 Å². The fourth-order valence-electron chi connectivity index (χ4n) is 1.77. The molecular formula is C14H18N4. The van der Waals surface area contributed by atoms with Crippen LogP contribution in [-0.2, 0) is 6.42 Å². The first-order valence-electron chi connectivity index (χ1n) is 6.23. The fourth-order valence-corrected chi connectivity index (χ4v) is 1.77. The van der Waals surface area contributed by atoms with Crippen LogP contribution in [0.5, 0.6) is 0 Å². The molecular weight excluding hydrogens is 224 g/mol.